The number of carbonyl (C=O) groups excluding carboxylic acids is 1. The summed E-state index contributed by atoms with van der Waals surface area (Å²) in [6, 6.07) is 13.2. The van der Waals surface area contributed by atoms with Crippen LogP contribution in [0.5, 0.6) is 0 Å². The molecule has 0 heterocycles. The molecule has 150 valence electrons. The maximum atomic E-state index is 12.5. The van der Waals surface area contributed by atoms with E-state index in [0.29, 0.717) is 5.69 Å². The molecule has 0 fully saturated rings. The Morgan fingerprint density at radius 3 is 2.36 bits per heavy atom. The third kappa shape index (κ3) is 5.56. The number of hydrogen-bond donors (Lipinski definition) is 1. The minimum absolute atomic E-state index is 0.417. The number of para-hydroxylation sites is 1. The van der Waals surface area contributed by atoms with Gasteiger partial charge in [0.25, 0.3) is 5.91 Å². The first kappa shape index (κ1) is 21.9. The molecule has 0 aliphatic carbocycles. The lowest BCUT2D eigenvalue weighted by molar-refractivity contribution is -0.121. The lowest BCUT2D eigenvalue weighted by Gasteiger charge is -2.27. The molecule has 1 atom stereocenters. The van der Waals surface area contributed by atoms with Gasteiger partial charge in [0, 0.05) is 18.6 Å². The fraction of sp³-hybridized carbons (Fsp3) is 0.263. The van der Waals surface area contributed by atoms with Gasteiger partial charge in [0.15, 0.2) is 0 Å². The van der Waals surface area contributed by atoms with Gasteiger partial charge in [0.1, 0.15) is 6.04 Å². The molecule has 0 radical (unpaired) electrons. The summed E-state index contributed by atoms with van der Waals surface area (Å²) in [5, 5.41) is 3.96. The monoisotopic (exact) mass is 466 g/mol. The quantitative estimate of drug-likeness (QED) is 0.502. The van der Waals surface area contributed by atoms with E-state index in [1.54, 1.807) is 30.3 Å². The predicted octanol–water partition coefficient (Wildman–Crippen LogP) is 2.82. The van der Waals surface area contributed by atoms with Gasteiger partial charge >= 0.3 is 0 Å². The Morgan fingerprint density at radius 2 is 1.82 bits per heavy atom. The lowest BCUT2D eigenvalue weighted by Crippen LogP contribution is -2.46. The summed E-state index contributed by atoms with van der Waals surface area (Å²) >= 11 is 3.49. The molecular weight excluding hydrogens is 444 g/mol. The Bertz CT molecular complexity index is 962. The summed E-state index contributed by atoms with van der Waals surface area (Å²) in [5.41, 5.74) is 4.63. The van der Waals surface area contributed by atoms with Crippen molar-refractivity contribution >= 4 is 49.4 Å². The van der Waals surface area contributed by atoms with Gasteiger partial charge in [-0.1, -0.05) is 24.3 Å². The highest BCUT2D eigenvalue weighted by Crippen LogP contribution is 2.25. The van der Waals surface area contributed by atoms with Crippen molar-refractivity contribution in [1.82, 2.24) is 5.43 Å². The number of benzene rings is 2. The van der Waals surface area contributed by atoms with Gasteiger partial charge in [-0.15, -0.1) is 0 Å². The second kappa shape index (κ2) is 9.20. The fourth-order valence-electron chi connectivity index (χ4n) is 2.61. The molecule has 0 bridgehead atoms. The van der Waals surface area contributed by atoms with E-state index in [0.717, 1.165) is 26.3 Å². The van der Waals surface area contributed by atoms with Crippen LogP contribution in [0.2, 0.25) is 0 Å². The normalized spacial score (nSPS) is 12.6. The third-order valence-electron chi connectivity index (χ3n) is 3.94. The van der Waals surface area contributed by atoms with Crippen LogP contribution in [0.3, 0.4) is 0 Å². The molecule has 7 nitrogen and oxygen atoms in total. The van der Waals surface area contributed by atoms with E-state index in [1.165, 1.54) is 13.1 Å². The van der Waals surface area contributed by atoms with E-state index in [-0.39, 0.29) is 0 Å². The second-order valence-electron chi connectivity index (χ2n) is 6.41. The highest BCUT2D eigenvalue weighted by molar-refractivity contribution is 9.10. The molecule has 2 aromatic rings. The topological polar surface area (TPSA) is 82.1 Å². The highest BCUT2D eigenvalue weighted by atomic mass is 79.9. The molecule has 28 heavy (non-hydrogen) atoms. The van der Waals surface area contributed by atoms with Crippen molar-refractivity contribution in [2.24, 2.45) is 5.10 Å². The molecule has 0 saturated heterocycles. The molecule has 0 aliphatic rings. The van der Waals surface area contributed by atoms with Crippen LogP contribution in [-0.2, 0) is 14.8 Å². The molecular formula is C19H23BrN4O3S. The standard InChI is InChI=1S/C19H23BrN4O3S/c1-14(24(28(4,26)27)16-8-6-5-7-9-16)19(25)22-21-13-15-10-11-18(23(2)3)17(20)12-15/h5-14H,1-4H3,(H,22,25)/b21-13-/t14-/m0/s1. The predicted molar refractivity (Wildman–Crippen MR) is 117 cm³/mol. The van der Waals surface area contributed by atoms with Crippen molar-refractivity contribution in [3.05, 3.63) is 58.6 Å². The van der Waals surface area contributed by atoms with Crippen LogP contribution in [0.4, 0.5) is 11.4 Å². The van der Waals surface area contributed by atoms with E-state index >= 15 is 0 Å². The largest absolute Gasteiger partial charge is 0.377 e. The van der Waals surface area contributed by atoms with Crippen LogP contribution in [0.1, 0.15) is 12.5 Å². The van der Waals surface area contributed by atoms with Crippen molar-refractivity contribution in [2.45, 2.75) is 13.0 Å². The summed E-state index contributed by atoms with van der Waals surface area (Å²) in [6.45, 7) is 1.52. The first-order chi connectivity index (χ1) is 13.1. The molecule has 2 aromatic carbocycles. The number of nitrogens with one attached hydrogen (secondary N) is 1. The Balaban J connectivity index is 2.13. The maximum absolute atomic E-state index is 12.5. The Hall–Kier alpha value is -2.39. The summed E-state index contributed by atoms with van der Waals surface area (Å²) in [5.74, 6) is -0.533. The number of carbonyl (C=O) groups is 1. The Labute approximate surface area is 174 Å². The zero-order chi connectivity index (χ0) is 20.9. The summed E-state index contributed by atoms with van der Waals surface area (Å²) < 4.78 is 26.4. The number of halogens is 1. The van der Waals surface area contributed by atoms with Gasteiger partial charge < -0.3 is 4.90 Å². The van der Waals surface area contributed by atoms with Crippen molar-refractivity contribution in [3.63, 3.8) is 0 Å². The summed E-state index contributed by atoms with van der Waals surface area (Å²) in [6.07, 6.45) is 2.57. The van der Waals surface area contributed by atoms with Crippen LogP contribution in [0, 0.1) is 0 Å². The fourth-order valence-corrected chi connectivity index (χ4v) is 4.54. The number of rotatable bonds is 7. The minimum Gasteiger partial charge on any atom is -0.377 e. The molecule has 1 N–H and O–H groups in total. The zero-order valence-corrected chi connectivity index (χ0v) is 18.5. The average molecular weight is 467 g/mol. The first-order valence-corrected chi connectivity index (χ1v) is 11.1. The maximum Gasteiger partial charge on any atom is 0.263 e. The molecule has 0 unspecified atom stereocenters. The number of nitrogens with zero attached hydrogens (tertiary/aromatic N) is 3. The smallest absolute Gasteiger partial charge is 0.263 e. The van der Waals surface area contributed by atoms with Gasteiger partial charge in [-0.25, -0.2) is 13.8 Å². The lowest BCUT2D eigenvalue weighted by atomic mass is 10.2. The highest BCUT2D eigenvalue weighted by Gasteiger charge is 2.28. The van der Waals surface area contributed by atoms with Crippen LogP contribution in [0.25, 0.3) is 0 Å². The van der Waals surface area contributed by atoms with E-state index < -0.39 is 22.0 Å². The van der Waals surface area contributed by atoms with Gasteiger partial charge in [0.05, 0.1) is 23.8 Å². The number of sulfonamides is 1. The van der Waals surface area contributed by atoms with Crippen LogP contribution in [-0.4, -0.2) is 46.9 Å². The van der Waals surface area contributed by atoms with Gasteiger partial charge in [-0.2, -0.15) is 5.10 Å². The molecule has 1 amide bonds. The van der Waals surface area contributed by atoms with E-state index in [2.05, 4.69) is 26.5 Å². The minimum atomic E-state index is -3.65. The molecule has 0 saturated carbocycles. The SMILES string of the molecule is C[C@@H](C(=O)N/N=C\c1ccc(N(C)C)c(Br)c1)N(c1ccccc1)S(C)(=O)=O. The molecule has 0 spiro atoms. The van der Waals surface area contributed by atoms with Crippen molar-refractivity contribution in [1.29, 1.82) is 0 Å². The first-order valence-electron chi connectivity index (χ1n) is 8.45. The van der Waals surface area contributed by atoms with Crippen molar-refractivity contribution in [3.8, 4) is 0 Å². The molecule has 9 heteroatoms. The van der Waals surface area contributed by atoms with Crippen LogP contribution < -0.4 is 14.6 Å². The van der Waals surface area contributed by atoms with E-state index in [4.69, 9.17) is 0 Å². The van der Waals surface area contributed by atoms with Gasteiger partial charge in [0.2, 0.25) is 10.0 Å². The Kier molecular flexibility index (Phi) is 7.20. The molecule has 2 rings (SSSR count). The van der Waals surface area contributed by atoms with Gasteiger partial charge in [-0.05, 0) is 52.7 Å². The van der Waals surface area contributed by atoms with Crippen molar-refractivity contribution < 1.29 is 13.2 Å². The van der Waals surface area contributed by atoms with Gasteiger partial charge in [-0.3, -0.25) is 9.10 Å². The molecule has 0 aromatic heterocycles. The summed E-state index contributed by atoms with van der Waals surface area (Å²) in [7, 11) is 0.232. The third-order valence-corrected chi connectivity index (χ3v) is 5.82. The summed E-state index contributed by atoms with van der Waals surface area (Å²) in [4.78, 5) is 14.4. The number of hydrogen-bond acceptors (Lipinski definition) is 5. The Morgan fingerprint density at radius 1 is 1.18 bits per heavy atom. The van der Waals surface area contributed by atoms with Crippen LogP contribution >= 0.6 is 15.9 Å². The molecule has 0 aliphatic heterocycles. The van der Waals surface area contributed by atoms with E-state index in [1.807, 2.05) is 37.2 Å². The number of amides is 1. The second-order valence-corrected chi connectivity index (χ2v) is 9.12. The van der Waals surface area contributed by atoms with Crippen LogP contribution in [0.15, 0.2) is 58.1 Å². The zero-order valence-electron chi connectivity index (χ0n) is 16.1. The number of hydrazone groups is 1. The van der Waals surface area contributed by atoms with Crippen molar-refractivity contribution in [2.75, 3.05) is 29.6 Å². The van der Waals surface area contributed by atoms with E-state index in [9.17, 15) is 13.2 Å². The number of anilines is 2. The average Bonchev–Trinajstić information content (AvgIpc) is 2.61.